The lowest BCUT2D eigenvalue weighted by atomic mass is 9.95. The number of pyridine rings is 1. The number of imidazole rings is 1. The Morgan fingerprint density at radius 1 is 1.20 bits per heavy atom. The third kappa shape index (κ3) is 4.23. The standard InChI is InChI=1S/C18H23N5O2/c1-22-13-10-20-16(22)4-9-21-17(24)14-5-11-23(12-6-14)18(25)15-2-7-19-8-3-15/h2-3,7-8,10,13-14H,4-6,9,11-12H2,1H3,(H,21,24). The minimum atomic E-state index is -0.0251. The van der Waals surface area contributed by atoms with E-state index < -0.39 is 0 Å². The van der Waals surface area contributed by atoms with Crippen molar-refractivity contribution in [2.24, 2.45) is 13.0 Å². The molecule has 7 heteroatoms. The van der Waals surface area contributed by atoms with Crippen molar-refractivity contribution >= 4 is 11.8 Å². The molecule has 0 aromatic carbocycles. The fourth-order valence-corrected chi connectivity index (χ4v) is 3.10. The summed E-state index contributed by atoms with van der Waals surface area (Å²) in [5.74, 6) is 1.02. The van der Waals surface area contributed by atoms with Crippen LogP contribution in [0.2, 0.25) is 0 Å². The van der Waals surface area contributed by atoms with Gasteiger partial charge in [-0.1, -0.05) is 0 Å². The first kappa shape index (κ1) is 17.1. The number of rotatable bonds is 5. The molecule has 0 bridgehead atoms. The summed E-state index contributed by atoms with van der Waals surface area (Å²) in [7, 11) is 1.94. The first-order chi connectivity index (χ1) is 12.1. The molecule has 2 aromatic heterocycles. The molecule has 25 heavy (non-hydrogen) atoms. The molecule has 0 aliphatic carbocycles. The molecule has 0 saturated carbocycles. The lowest BCUT2D eigenvalue weighted by molar-refractivity contribution is -0.126. The van der Waals surface area contributed by atoms with Crippen LogP contribution in [0.1, 0.15) is 29.0 Å². The molecule has 1 aliphatic rings. The zero-order valence-electron chi connectivity index (χ0n) is 14.4. The first-order valence-corrected chi connectivity index (χ1v) is 8.58. The number of piperidine rings is 1. The van der Waals surface area contributed by atoms with E-state index in [1.807, 2.05) is 22.7 Å². The molecule has 1 N–H and O–H groups in total. The summed E-state index contributed by atoms with van der Waals surface area (Å²) in [4.78, 5) is 34.7. The lowest BCUT2D eigenvalue weighted by Gasteiger charge is -2.31. The Morgan fingerprint density at radius 2 is 1.92 bits per heavy atom. The van der Waals surface area contributed by atoms with E-state index in [1.165, 1.54) is 0 Å². The van der Waals surface area contributed by atoms with Gasteiger partial charge in [0.05, 0.1) is 0 Å². The van der Waals surface area contributed by atoms with Crippen molar-refractivity contribution in [1.82, 2.24) is 24.8 Å². The highest BCUT2D eigenvalue weighted by atomic mass is 16.2. The quantitative estimate of drug-likeness (QED) is 0.881. The van der Waals surface area contributed by atoms with Crippen LogP contribution >= 0.6 is 0 Å². The van der Waals surface area contributed by atoms with E-state index in [4.69, 9.17) is 0 Å². The number of nitrogens with one attached hydrogen (secondary N) is 1. The number of hydrogen-bond acceptors (Lipinski definition) is 4. The average molecular weight is 341 g/mol. The maximum absolute atomic E-state index is 12.4. The predicted octanol–water partition coefficient (Wildman–Crippen LogP) is 1.03. The van der Waals surface area contributed by atoms with Crippen LogP contribution in [0, 0.1) is 5.92 Å². The number of carbonyl (C=O) groups is 2. The van der Waals surface area contributed by atoms with Crippen LogP contribution in [-0.4, -0.2) is 50.9 Å². The second-order valence-corrected chi connectivity index (χ2v) is 6.30. The summed E-state index contributed by atoms with van der Waals surface area (Å²) in [6.45, 7) is 1.80. The van der Waals surface area contributed by atoms with Crippen molar-refractivity contribution in [3.63, 3.8) is 0 Å². The Bertz CT molecular complexity index is 720. The van der Waals surface area contributed by atoms with Gasteiger partial charge >= 0.3 is 0 Å². The molecule has 3 heterocycles. The maximum Gasteiger partial charge on any atom is 0.253 e. The molecule has 2 aromatic rings. The van der Waals surface area contributed by atoms with E-state index in [0.717, 1.165) is 5.82 Å². The number of aryl methyl sites for hydroxylation is 1. The van der Waals surface area contributed by atoms with Crippen molar-refractivity contribution in [1.29, 1.82) is 0 Å². The molecule has 0 atom stereocenters. The Morgan fingerprint density at radius 3 is 2.56 bits per heavy atom. The second-order valence-electron chi connectivity index (χ2n) is 6.30. The highest BCUT2D eigenvalue weighted by molar-refractivity contribution is 5.94. The Hall–Kier alpha value is -2.70. The van der Waals surface area contributed by atoms with E-state index in [2.05, 4.69) is 15.3 Å². The van der Waals surface area contributed by atoms with Gasteiger partial charge in [-0.3, -0.25) is 14.6 Å². The van der Waals surface area contributed by atoms with Crippen molar-refractivity contribution in [2.75, 3.05) is 19.6 Å². The first-order valence-electron chi connectivity index (χ1n) is 8.58. The third-order valence-electron chi connectivity index (χ3n) is 4.65. The zero-order chi connectivity index (χ0) is 17.6. The second kappa shape index (κ2) is 7.92. The van der Waals surface area contributed by atoms with E-state index in [0.29, 0.717) is 44.5 Å². The fourth-order valence-electron chi connectivity index (χ4n) is 3.10. The molecular formula is C18H23N5O2. The summed E-state index contributed by atoms with van der Waals surface area (Å²) >= 11 is 0. The van der Waals surface area contributed by atoms with Crippen LogP contribution in [0.25, 0.3) is 0 Å². The maximum atomic E-state index is 12.4. The predicted molar refractivity (Wildman–Crippen MR) is 92.8 cm³/mol. The molecule has 0 unspecified atom stereocenters. The van der Waals surface area contributed by atoms with Gasteiger partial charge in [-0.15, -0.1) is 0 Å². The minimum absolute atomic E-state index is 0.0102. The van der Waals surface area contributed by atoms with Crippen LogP contribution in [0.4, 0.5) is 0 Å². The van der Waals surface area contributed by atoms with Crippen LogP contribution in [-0.2, 0) is 18.3 Å². The molecule has 1 aliphatic heterocycles. The topological polar surface area (TPSA) is 80.1 Å². The van der Waals surface area contributed by atoms with Crippen molar-refractivity contribution in [3.8, 4) is 0 Å². The monoisotopic (exact) mass is 341 g/mol. The number of amides is 2. The number of aromatic nitrogens is 3. The van der Waals surface area contributed by atoms with Crippen LogP contribution in [0.5, 0.6) is 0 Å². The molecule has 2 amide bonds. The van der Waals surface area contributed by atoms with Gasteiger partial charge in [0.15, 0.2) is 0 Å². The van der Waals surface area contributed by atoms with Gasteiger partial charge in [-0.25, -0.2) is 4.98 Å². The summed E-state index contributed by atoms with van der Waals surface area (Å²) in [6.07, 6.45) is 9.01. The fraction of sp³-hybridized carbons (Fsp3) is 0.444. The van der Waals surface area contributed by atoms with E-state index in [9.17, 15) is 9.59 Å². The van der Waals surface area contributed by atoms with Crippen LogP contribution in [0.15, 0.2) is 36.9 Å². The minimum Gasteiger partial charge on any atom is -0.355 e. The smallest absolute Gasteiger partial charge is 0.253 e. The number of likely N-dealkylation sites (tertiary alicyclic amines) is 1. The SMILES string of the molecule is Cn1ccnc1CCNC(=O)C1CCN(C(=O)c2ccncc2)CC1. The van der Waals surface area contributed by atoms with Gasteiger partial charge in [0, 0.05) is 69.4 Å². The summed E-state index contributed by atoms with van der Waals surface area (Å²) in [6, 6.07) is 3.44. The van der Waals surface area contributed by atoms with Crippen LogP contribution < -0.4 is 5.32 Å². The molecular weight excluding hydrogens is 318 g/mol. The molecule has 1 saturated heterocycles. The van der Waals surface area contributed by atoms with E-state index in [1.54, 1.807) is 30.7 Å². The van der Waals surface area contributed by atoms with E-state index in [-0.39, 0.29) is 17.7 Å². The van der Waals surface area contributed by atoms with Crippen LogP contribution in [0.3, 0.4) is 0 Å². The van der Waals surface area contributed by atoms with Crippen molar-refractivity contribution < 1.29 is 9.59 Å². The Kier molecular flexibility index (Phi) is 5.42. The van der Waals surface area contributed by atoms with Gasteiger partial charge < -0.3 is 14.8 Å². The van der Waals surface area contributed by atoms with Gasteiger partial charge in [-0.05, 0) is 25.0 Å². The summed E-state index contributed by atoms with van der Waals surface area (Å²) in [5.41, 5.74) is 0.646. The lowest BCUT2D eigenvalue weighted by Crippen LogP contribution is -2.43. The molecule has 132 valence electrons. The van der Waals surface area contributed by atoms with Gasteiger partial charge in [0.2, 0.25) is 5.91 Å². The highest BCUT2D eigenvalue weighted by Gasteiger charge is 2.27. The third-order valence-corrected chi connectivity index (χ3v) is 4.65. The van der Waals surface area contributed by atoms with Gasteiger partial charge in [-0.2, -0.15) is 0 Å². The normalized spacial score (nSPS) is 15.2. The molecule has 7 nitrogen and oxygen atoms in total. The summed E-state index contributed by atoms with van der Waals surface area (Å²) < 4.78 is 1.95. The van der Waals surface area contributed by atoms with Crippen molar-refractivity contribution in [3.05, 3.63) is 48.3 Å². The zero-order valence-corrected chi connectivity index (χ0v) is 14.4. The van der Waals surface area contributed by atoms with E-state index >= 15 is 0 Å². The Balaban J connectivity index is 1.43. The van der Waals surface area contributed by atoms with Gasteiger partial charge in [0.1, 0.15) is 5.82 Å². The Labute approximate surface area is 147 Å². The molecule has 3 rings (SSSR count). The summed E-state index contributed by atoms with van der Waals surface area (Å²) in [5, 5.41) is 2.99. The molecule has 0 spiro atoms. The number of hydrogen-bond donors (Lipinski definition) is 1. The highest BCUT2D eigenvalue weighted by Crippen LogP contribution is 2.19. The average Bonchev–Trinajstić information content (AvgIpc) is 3.07. The van der Waals surface area contributed by atoms with Crippen molar-refractivity contribution in [2.45, 2.75) is 19.3 Å². The number of carbonyl (C=O) groups excluding carboxylic acids is 2. The largest absolute Gasteiger partial charge is 0.355 e. The molecule has 1 fully saturated rings. The molecule has 0 radical (unpaired) electrons. The number of nitrogens with zero attached hydrogens (tertiary/aromatic N) is 4. The van der Waals surface area contributed by atoms with Gasteiger partial charge in [0.25, 0.3) is 5.91 Å².